The Bertz CT molecular complexity index is 1560. The van der Waals surface area contributed by atoms with Crippen molar-refractivity contribution >= 4 is 33.2 Å². The van der Waals surface area contributed by atoms with E-state index in [4.69, 9.17) is 11.6 Å². The molecule has 1 aliphatic heterocycles. The third-order valence-corrected chi connectivity index (χ3v) is 9.14. The van der Waals surface area contributed by atoms with E-state index >= 15 is 0 Å². The summed E-state index contributed by atoms with van der Waals surface area (Å²) >= 11 is 6.42. The number of rotatable bonds is 7. The van der Waals surface area contributed by atoms with Gasteiger partial charge in [0.2, 0.25) is 0 Å². The average Bonchev–Trinajstić information content (AvgIpc) is 2.96. The van der Waals surface area contributed by atoms with Crippen molar-refractivity contribution in [1.29, 1.82) is 0 Å². The van der Waals surface area contributed by atoms with Crippen molar-refractivity contribution in [3.05, 3.63) is 130 Å². The molecular weight excluding hydrogens is 542 g/mol. The number of nitrogens with zero attached hydrogens (tertiary/aromatic N) is 2. The quantitative estimate of drug-likeness (QED) is 0.281. The lowest BCUT2D eigenvalue weighted by molar-refractivity contribution is 0.0597. The molecule has 0 aromatic heterocycles. The van der Waals surface area contributed by atoms with Crippen molar-refractivity contribution in [2.45, 2.75) is 24.8 Å². The van der Waals surface area contributed by atoms with Gasteiger partial charge in [0.15, 0.2) is 0 Å². The molecular formula is C32H32ClN3O3S. The Morgan fingerprint density at radius 3 is 1.95 bits per heavy atom. The van der Waals surface area contributed by atoms with Crippen molar-refractivity contribution in [2.24, 2.45) is 0 Å². The molecule has 8 heteroatoms. The van der Waals surface area contributed by atoms with E-state index in [1.807, 2.05) is 56.3 Å². The van der Waals surface area contributed by atoms with Crippen LogP contribution in [0, 0.1) is 13.8 Å². The molecule has 0 atom stereocenters. The Kier molecular flexibility index (Phi) is 8.26. The van der Waals surface area contributed by atoms with Gasteiger partial charge in [-0.25, -0.2) is 8.42 Å². The second-order valence-corrected chi connectivity index (χ2v) is 12.2. The van der Waals surface area contributed by atoms with Gasteiger partial charge in [-0.3, -0.25) is 14.4 Å². The van der Waals surface area contributed by atoms with Crippen LogP contribution in [0.5, 0.6) is 0 Å². The summed E-state index contributed by atoms with van der Waals surface area (Å²) in [5, 5.41) is 0.226. The van der Waals surface area contributed by atoms with E-state index in [1.165, 1.54) is 29.3 Å². The largest absolute Gasteiger partial charge is 0.336 e. The maximum absolute atomic E-state index is 13.6. The van der Waals surface area contributed by atoms with Crippen LogP contribution in [0.15, 0.2) is 102 Å². The van der Waals surface area contributed by atoms with Crippen LogP contribution in [0.3, 0.4) is 0 Å². The van der Waals surface area contributed by atoms with Crippen LogP contribution in [0.1, 0.15) is 38.7 Å². The molecule has 1 amide bonds. The zero-order valence-corrected chi connectivity index (χ0v) is 24.1. The molecule has 206 valence electrons. The number of nitrogens with one attached hydrogen (secondary N) is 1. The van der Waals surface area contributed by atoms with Crippen LogP contribution in [-0.4, -0.2) is 50.3 Å². The van der Waals surface area contributed by atoms with E-state index in [9.17, 15) is 13.2 Å². The number of carbonyl (C=O) groups excluding carboxylic acids is 1. The molecule has 1 N–H and O–H groups in total. The molecule has 4 aromatic rings. The number of halogens is 1. The molecule has 1 heterocycles. The second-order valence-electron chi connectivity index (χ2n) is 10.1. The minimum absolute atomic E-state index is 0.00895. The first-order chi connectivity index (χ1) is 19.2. The zero-order valence-electron chi connectivity index (χ0n) is 22.5. The van der Waals surface area contributed by atoms with Crippen LogP contribution in [0.4, 0.5) is 5.69 Å². The van der Waals surface area contributed by atoms with Crippen LogP contribution >= 0.6 is 11.6 Å². The molecule has 0 radical (unpaired) electrons. The van der Waals surface area contributed by atoms with Gasteiger partial charge in [0.1, 0.15) is 0 Å². The van der Waals surface area contributed by atoms with Gasteiger partial charge in [0.25, 0.3) is 15.9 Å². The third kappa shape index (κ3) is 6.07. The van der Waals surface area contributed by atoms with E-state index in [0.29, 0.717) is 31.9 Å². The zero-order chi connectivity index (χ0) is 28.3. The van der Waals surface area contributed by atoms with E-state index in [0.717, 1.165) is 11.1 Å². The number of hydrogen-bond acceptors (Lipinski definition) is 4. The van der Waals surface area contributed by atoms with Crippen molar-refractivity contribution in [3.63, 3.8) is 0 Å². The number of amides is 1. The Labute approximate surface area is 241 Å². The molecule has 0 bridgehead atoms. The number of benzene rings is 4. The van der Waals surface area contributed by atoms with Crippen LogP contribution in [-0.2, 0) is 10.0 Å². The fourth-order valence-electron chi connectivity index (χ4n) is 5.09. The maximum Gasteiger partial charge on any atom is 0.261 e. The molecule has 0 aliphatic carbocycles. The molecule has 40 heavy (non-hydrogen) atoms. The Hall–Kier alpha value is -3.65. The predicted molar refractivity (Wildman–Crippen MR) is 160 cm³/mol. The van der Waals surface area contributed by atoms with Gasteiger partial charge < -0.3 is 4.90 Å². The summed E-state index contributed by atoms with van der Waals surface area (Å²) < 4.78 is 28.9. The Balaban J connectivity index is 1.33. The summed E-state index contributed by atoms with van der Waals surface area (Å²) in [6, 6.07) is 30.4. The number of sulfonamides is 1. The number of carbonyl (C=O) groups is 1. The van der Waals surface area contributed by atoms with Gasteiger partial charge in [-0.1, -0.05) is 78.3 Å². The summed E-state index contributed by atoms with van der Waals surface area (Å²) in [4.78, 5) is 17.7. The molecule has 0 unspecified atom stereocenters. The molecule has 6 nitrogen and oxygen atoms in total. The monoisotopic (exact) mass is 573 g/mol. The van der Waals surface area contributed by atoms with Gasteiger partial charge in [0.05, 0.1) is 21.5 Å². The topological polar surface area (TPSA) is 69.7 Å². The highest BCUT2D eigenvalue weighted by Gasteiger charge is 2.30. The van der Waals surface area contributed by atoms with Crippen LogP contribution in [0.2, 0.25) is 5.02 Å². The fourth-order valence-corrected chi connectivity index (χ4v) is 6.37. The Morgan fingerprint density at radius 1 is 0.775 bits per heavy atom. The lowest BCUT2D eigenvalue weighted by Gasteiger charge is -2.40. The van der Waals surface area contributed by atoms with Crippen LogP contribution < -0.4 is 4.72 Å². The molecule has 1 aliphatic rings. The SMILES string of the molecule is Cc1ccc(NS(=O)(=O)c2ccc(Cl)c(C(=O)N3CCN(C(c4ccccc4)c4ccccc4)CC3)c2)cc1C. The second kappa shape index (κ2) is 11.8. The lowest BCUT2D eigenvalue weighted by atomic mass is 9.96. The van der Waals surface area contributed by atoms with Gasteiger partial charge in [-0.05, 0) is 66.4 Å². The number of piperazine rings is 1. The first-order valence-corrected chi connectivity index (χ1v) is 15.1. The smallest absolute Gasteiger partial charge is 0.261 e. The summed E-state index contributed by atoms with van der Waals surface area (Å²) in [7, 11) is -3.92. The van der Waals surface area contributed by atoms with Crippen molar-refractivity contribution in [3.8, 4) is 0 Å². The number of anilines is 1. The third-order valence-electron chi connectivity index (χ3n) is 7.43. The van der Waals surface area contributed by atoms with Crippen LogP contribution in [0.25, 0.3) is 0 Å². The lowest BCUT2D eigenvalue weighted by Crippen LogP contribution is -2.50. The average molecular weight is 574 g/mol. The molecule has 1 fully saturated rings. The number of aryl methyl sites for hydroxylation is 2. The molecule has 4 aromatic carbocycles. The molecule has 0 saturated carbocycles. The molecule has 1 saturated heterocycles. The van der Waals surface area contributed by atoms with Crippen molar-refractivity contribution in [2.75, 3.05) is 30.9 Å². The minimum Gasteiger partial charge on any atom is -0.336 e. The standard InChI is InChI=1S/C32H32ClN3O3S/c1-23-13-14-27(21-24(23)2)34-40(38,39)28-15-16-30(33)29(22-28)32(37)36-19-17-35(18-20-36)31(25-9-5-3-6-10-25)26-11-7-4-8-12-26/h3-16,21-22,31,34H,17-20H2,1-2H3. The fraction of sp³-hybridized carbons (Fsp3) is 0.219. The normalized spacial score (nSPS) is 14.3. The van der Waals surface area contributed by atoms with E-state index < -0.39 is 10.0 Å². The highest BCUT2D eigenvalue weighted by atomic mass is 35.5. The summed E-state index contributed by atoms with van der Waals surface area (Å²) in [6.07, 6.45) is 0. The molecule has 5 rings (SSSR count). The van der Waals surface area contributed by atoms with E-state index in [-0.39, 0.29) is 27.4 Å². The first-order valence-electron chi connectivity index (χ1n) is 13.3. The maximum atomic E-state index is 13.6. The van der Waals surface area contributed by atoms with Crippen molar-refractivity contribution in [1.82, 2.24) is 9.80 Å². The van der Waals surface area contributed by atoms with Gasteiger partial charge >= 0.3 is 0 Å². The Morgan fingerprint density at radius 2 is 1.38 bits per heavy atom. The van der Waals surface area contributed by atoms with Gasteiger partial charge in [-0.2, -0.15) is 0 Å². The highest BCUT2D eigenvalue weighted by Crippen LogP contribution is 2.30. The van der Waals surface area contributed by atoms with Gasteiger partial charge in [-0.15, -0.1) is 0 Å². The predicted octanol–water partition coefficient (Wildman–Crippen LogP) is 6.31. The van der Waals surface area contributed by atoms with E-state index in [1.54, 1.807) is 17.0 Å². The highest BCUT2D eigenvalue weighted by molar-refractivity contribution is 7.92. The van der Waals surface area contributed by atoms with Gasteiger partial charge in [0, 0.05) is 31.9 Å². The summed E-state index contributed by atoms with van der Waals surface area (Å²) in [5.41, 5.74) is 5.10. The van der Waals surface area contributed by atoms with Crippen molar-refractivity contribution < 1.29 is 13.2 Å². The summed E-state index contributed by atoms with van der Waals surface area (Å²) in [6.45, 7) is 6.24. The first kappa shape index (κ1) is 27.9. The number of hydrogen-bond donors (Lipinski definition) is 1. The minimum atomic E-state index is -3.92. The van der Waals surface area contributed by atoms with E-state index in [2.05, 4.69) is 33.9 Å². The molecule has 0 spiro atoms. The summed E-state index contributed by atoms with van der Waals surface area (Å²) in [5.74, 6) is -0.274.